The summed E-state index contributed by atoms with van der Waals surface area (Å²) in [4.78, 5) is 16.5. The van der Waals surface area contributed by atoms with Crippen LogP contribution in [0.1, 0.15) is 11.3 Å². The van der Waals surface area contributed by atoms with Crippen molar-refractivity contribution in [3.8, 4) is 22.4 Å². The summed E-state index contributed by atoms with van der Waals surface area (Å²) in [5, 5.41) is 10.0. The van der Waals surface area contributed by atoms with Crippen LogP contribution in [-0.2, 0) is 12.7 Å². The molecule has 3 heterocycles. The van der Waals surface area contributed by atoms with Crippen LogP contribution in [0, 0.1) is 0 Å². The van der Waals surface area contributed by atoms with Crippen LogP contribution in [-0.4, -0.2) is 24.4 Å². The van der Waals surface area contributed by atoms with E-state index in [-0.39, 0.29) is 12.2 Å². The summed E-state index contributed by atoms with van der Waals surface area (Å²) in [5.41, 5.74) is 1.88. The van der Waals surface area contributed by atoms with Crippen LogP contribution in [0.2, 0.25) is 10.0 Å². The van der Waals surface area contributed by atoms with E-state index in [1.807, 2.05) is 12.1 Å². The zero-order chi connectivity index (χ0) is 24.7. The summed E-state index contributed by atoms with van der Waals surface area (Å²) in [6.45, 7) is -0.0696. The monoisotopic (exact) mass is 515 g/mol. The molecule has 0 N–H and O–H groups in total. The highest BCUT2D eigenvalue weighted by Gasteiger charge is 2.32. The zero-order valence-corrected chi connectivity index (χ0v) is 19.2. The van der Waals surface area contributed by atoms with Crippen molar-refractivity contribution in [2.75, 3.05) is 0 Å². The Labute approximate surface area is 206 Å². The smallest absolute Gasteiger partial charge is 0.251 e. The Hall–Kier alpha value is -3.69. The van der Waals surface area contributed by atoms with Crippen molar-refractivity contribution in [3.05, 3.63) is 105 Å². The Morgan fingerprint density at radius 1 is 0.829 bits per heavy atom. The molecule has 2 aromatic carbocycles. The Balaban J connectivity index is 1.62. The molecule has 0 saturated carbocycles. The summed E-state index contributed by atoms with van der Waals surface area (Å²) in [5.74, 6) is 0. The molecule has 176 valence electrons. The van der Waals surface area contributed by atoms with E-state index in [9.17, 15) is 18.0 Å². The number of hydrogen-bond donors (Lipinski definition) is 0. The first kappa shape index (κ1) is 23.1. The van der Waals surface area contributed by atoms with Gasteiger partial charge in [-0.2, -0.15) is 22.8 Å². The normalized spacial score (nSPS) is 11.8. The minimum absolute atomic E-state index is 0.0696. The predicted octanol–water partition coefficient (Wildman–Crippen LogP) is 5.99. The maximum absolute atomic E-state index is 13.1. The number of rotatable bonds is 4. The molecule has 0 aliphatic heterocycles. The summed E-state index contributed by atoms with van der Waals surface area (Å²) in [7, 11) is 0. The molecule has 5 rings (SSSR count). The molecule has 0 aliphatic carbocycles. The van der Waals surface area contributed by atoms with Crippen molar-refractivity contribution in [1.29, 1.82) is 0 Å². The van der Waals surface area contributed by atoms with Crippen LogP contribution in [0.25, 0.3) is 28.0 Å². The van der Waals surface area contributed by atoms with Gasteiger partial charge in [0.25, 0.3) is 0 Å². The molecule has 0 aliphatic rings. The standard InChI is InChI=1S/C24H14Cl2F3N5O/c25-17-6-2-15(3-7-17)19-11-21-31-33(13-14-1-10-20(30-12-14)24(27,28)29)23(35)34(21)32-22(19)16-4-8-18(26)9-5-16/h1-12H,13H2. The fourth-order valence-corrected chi connectivity index (χ4v) is 3.84. The van der Waals surface area contributed by atoms with Gasteiger partial charge in [-0.25, -0.2) is 9.48 Å². The lowest BCUT2D eigenvalue weighted by molar-refractivity contribution is -0.141. The van der Waals surface area contributed by atoms with E-state index in [2.05, 4.69) is 15.2 Å². The summed E-state index contributed by atoms with van der Waals surface area (Å²) in [6, 6.07) is 18.0. The van der Waals surface area contributed by atoms with Crippen molar-refractivity contribution in [3.63, 3.8) is 0 Å². The number of hydrogen-bond acceptors (Lipinski definition) is 4. The summed E-state index contributed by atoms with van der Waals surface area (Å²) >= 11 is 12.1. The Morgan fingerprint density at radius 3 is 2.03 bits per heavy atom. The molecular weight excluding hydrogens is 502 g/mol. The SMILES string of the molecule is O=c1n(Cc2ccc(C(F)(F)F)nc2)nc2cc(-c3ccc(Cl)cc3)c(-c3ccc(Cl)cc3)nn12. The number of halogens is 5. The molecule has 0 spiro atoms. The molecule has 0 amide bonds. The number of benzene rings is 2. The average molecular weight is 516 g/mol. The number of fused-ring (bicyclic) bond motifs is 1. The quantitative estimate of drug-likeness (QED) is 0.294. The Bertz CT molecular complexity index is 1580. The number of aromatic nitrogens is 5. The molecule has 0 atom stereocenters. The van der Waals surface area contributed by atoms with Gasteiger partial charge in [0.15, 0.2) is 5.65 Å². The minimum atomic E-state index is -4.54. The van der Waals surface area contributed by atoms with Crippen molar-refractivity contribution < 1.29 is 13.2 Å². The van der Waals surface area contributed by atoms with E-state index < -0.39 is 17.6 Å². The van der Waals surface area contributed by atoms with Crippen molar-refractivity contribution in [2.24, 2.45) is 0 Å². The van der Waals surface area contributed by atoms with E-state index in [0.717, 1.165) is 32.6 Å². The molecule has 5 aromatic rings. The molecule has 3 aromatic heterocycles. The van der Waals surface area contributed by atoms with Gasteiger partial charge in [0.1, 0.15) is 5.69 Å². The van der Waals surface area contributed by atoms with E-state index >= 15 is 0 Å². The Kier molecular flexibility index (Phi) is 5.82. The van der Waals surface area contributed by atoms with Gasteiger partial charge in [-0.3, -0.25) is 4.98 Å². The topological polar surface area (TPSA) is 65.1 Å². The van der Waals surface area contributed by atoms with Gasteiger partial charge < -0.3 is 0 Å². The minimum Gasteiger partial charge on any atom is -0.251 e. The van der Waals surface area contributed by atoms with Crippen LogP contribution in [0.15, 0.2) is 77.7 Å². The van der Waals surface area contributed by atoms with Crippen LogP contribution in [0.3, 0.4) is 0 Å². The number of alkyl halides is 3. The molecular formula is C24H14Cl2F3N5O. The zero-order valence-electron chi connectivity index (χ0n) is 17.7. The number of nitrogens with zero attached hydrogens (tertiary/aromatic N) is 5. The first-order valence-electron chi connectivity index (χ1n) is 10.2. The summed E-state index contributed by atoms with van der Waals surface area (Å²) < 4.78 is 40.7. The molecule has 11 heteroatoms. The second kappa shape index (κ2) is 8.83. The molecule has 0 fully saturated rings. The van der Waals surface area contributed by atoms with Gasteiger partial charge in [-0.1, -0.05) is 53.5 Å². The van der Waals surface area contributed by atoms with Crippen molar-refractivity contribution in [2.45, 2.75) is 12.7 Å². The highest BCUT2D eigenvalue weighted by Crippen LogP contribution is 2.32. The van der Waals surface area contributed by atoms with Crippen LogP contribution in [0.5, 0.6) is 0 Å². The van der Waals surface area contributed by atoms with Crippen molar-refractivity contribution >= 4 is 28.8 Å². The molecule has 6 nitrogen and oxygen atoms in total. The molecule has 0 saturated heterocycles. The van der Waals surface area contributed by atoms with Crippen LogP contribution < -0.4 is 5.69 Å². The largest absolute Gasteiger partial charge is 0.433 e. The molecule has 0 radical (unpaired) electrons. The van der Waals surface area contributed by atoms with Gasteiger partial charge in [-0.05, 0) is 47.5 Å². The third-order valence-electron chi connectivity index (χ3n) is 5.29. The van der Waals surface area contributed by atoms with Gasteiger partial charge in [0.05, 0.1) is 12.2 Å². The molecule has 35 heavy (non-hydrogen) atoms. The van der Waals surface area contributed by atoms with E-state index in [1.54, 1.807) is 42.5 Å². The number of pyridine rings is 1. The fourth-order valence-electron chi connectivity index (χ4n) is 3.58. The predicted molar refractivity (Wildman–Crippen MR) is 126 cm³/mol. The maximum atomic E-state index is 13.1. The second-order valence-electron chi connectivity index (χ2n) is 7.68. The first-order valence-corrected chi connectivity index (χ1v) is 11.0. The third-order valence-corrected chi connectivity index (χ3v) is 5.80. The maximum Gasteiger partial charge on any atom is 0.433 e. The van der Waals surface area contributed by atoms with Gasteiger partial charge in [-0.15, -0.1) is 5.10 Å². The fraction of sp³-hybridized carbons (Fsp3) is 0.0833. The Morgan fingerprint density at radius 2 is 1.46 bits per heavy atom. The van der Waals surface area contributed by atoms with E-state index in [0.29, 0.717) is 26.9 Å². The average Bonchev–Trinajstić information content (AvgIpc) is 3.13. The molecule has 0 unspecified atom stereocenters. The highest BCUT2D eigenvalue weighted by atomic mass is 35.5. The van der Waals surface area contributed by atoms with E-state index in [1.165, 1.54) is 6.07 Å². The first-order chi connectivity index (χ1) is 16.7. The van der Waals surface area contributed by atoms with Gasteiger partial charge in [0, 0.05) is 27.4 Å². The van der Waals surface area contributed by atoms with Crippen LogP contribution in [0.4, 0.5) is 13.2 Å². The lowest BCUT2D eigenvalue weighted by Gasteiger charge is -2.10. The molecule has 0 bridgehead atoms. The summed E-state index contributed by atoms with van der Waals surface area (Å²) in [6.07, 6.45) is -3.47. The lowest BCUT2D eigenvalue weighted by atomic mass is 10.00. The lowest BCUT2D eigenvalue weighted by Crippen LogP contribution is -2.23. The van der Waals surface area contributed by atoms with Crippen molar-refractivity contribution in [1.82, 2.24) is 24.4 Å². The van der Waals surface area contributed by atoms with Crippen LogP contribution >= 0.6 is 23.2 Å². The highest BCUT2D eigenvalue weighted by molar-refractivity contribution is 6.31. The second-order valence-corrected chi connectivity index (χ2v) is 8.55. The van der Waals surface area contributed by atoms with Gasteiger partial charge in [0.2, 0.25) is 0 Å². The van der Waals surface area contributed by atoms with Gasteiger partial charge >= 0.3 is 11.9 Å². The van der Waals surface area contributed by atoms with E-state index in [4.69, 9.17) is 23.2 Å². The third kappa shape index (κ3) is 4.65.